The normalized spacial score (nSPS) is 15.2. The minimum absolute atomic E-state index is 0.208. The van der Waals surface area contributed by atoms with Crippen LogP contribution in [0.3, 0.4) is 0 Å². The molecular weight excluding hydrogens is 494 g/mol. The van der Waals surface area contributed by atoms with Crippen molar-refractivity contribution in [2.75, 3.05) is 5.32 Å². The van der Waals surface area contributed by atoms with E-state index in [0.29, 0.717) is 26.3 Å². The molecule has 3 heterocycles. The second-order valence-corrected chi connectivity index (χ2v) is 9.89. The molecule has 1 atom stereocenters. The molecule has 7 nitrogen and oxygen atoms in total. The van der Waals surface area contributed by atoms with Crippen molar-refractivity contribution in [2.45, 2.75) is 13.0 Å². The molecule has 0 saturated heterocycles. The van der Waals surface area contributed by atoms with E-state index in [2.05, 4.69) is 15.5 Å². The highest BCUT2D eigenvalue weighted by molar-refractivity contribution is 7.07. The van der Waals surface area contributed by atoms with Crippen LogP contribution in [0, 0.1) is 0 Å². The maximum Gasteiger partial charge on any atom is 0.271 e. The zero-order valence-corrected chi connectivity index (χ0v) is 21.3. The van der Waals surface area contributed by atoms with E-state index in [9.17, 15) is 9.59 Å². The average Bonchev–Trinajstić information content (AvgIpc) is 3.53. The van der Waals surface area contributed by atoms with Gasteiger partial charge in [0.1, 0.15) is 0 Å². The van der Waals surface area contributed by atoms with Gasteiger partial charge in [-0.1, -0.05) is 90.2 Å². The smallest absolute Gasteiger partial charge is 0.271 e. The summed E-state index contributed by atoms with van der Waals surface area (Å²) in [6.07, 6.45) is 3.54. The van der Waals surface area contributed by atoms with Crippen LogP contribution in [0.4, 0.5) is 5.69 Å². The number of allylic oxidation sites excluding steroid dienone is 1. The van der Waals surface area contributed by atoms with Gasteiger partial charge in [0.15, 0.2) is 4.80 Å². The molecule has 2 N–H and O–H groups in total. The molecule has 38 heavy (non-hydrogen) atoms. The summed E-state index contributed by atoms with van der Waals surface area (Å²) in [7, 11) is 0. The third-order valence-corrected chi connectivity index (χ3v) is 7.41. The van der Waals surface area contributed by atoms with Crippen LogP contribution in [0.1, 0.15) is 24.1 Å². The Kier molecular flexibility index (Phi) is 6.15. The summed E-state index contributed by atoms with van der Waals surface area (Å²) in [4.78, 5) is 32.8. The number of thiazole rings is 1. The van der Waals surface area contributed by atoms with E-state index in [1.807, 2.05) is 104 Å². The molecule has 0 bridgehead atoms. The number of para-hydroxylation sites is 1. The summed E-state index contributed by atoms with van der Waals surface area (Å²) >= 11 is 1.30. The van der Waals surface area contributed by atoms with Crippen molar-refractivity contribution in [1.82, 2.24) is 14.8 Å². The van der Waals surface area contributed by atoms with Crippen LogP contribution in [0.2, 0.25) is 0 Å². The fourth-order valence-corrected chi connectivity index (χ4v) is 5.70. The number of anilines is 1. The Labute approximate surface area is 222 Å². The van der Waals surface area contributed by atoms with E-state index in [4.69, 9.17) is 4.99 Å². The highest BCUT2D eigenvalue weighted by Gasteiger charge is 2.32. The second-order valence-electron chi connectivity index (χ2n) is 8.88. The topological polar surface area (TPSA) is 92.1 Å². The molecule has 1 aliphatic rings. The summed E-state index contributed by atoms with van der Waals surface area (Å²) < 4.78 is 2.14. The maximum absolute atomic E-state index is 13.9. The van der Waals surface area contributed by atoms with E-state index < -0.39 is 6.04 Å². The number of hydrogen-bond donors (Lipinski definition) is 2. The molecule has 1 aliphatic heterocycles. The number of hydrogen-bond acceptors (Lipinski definition) is 5. The third-order valence-electron chi connectivity index (χ3n) is 6.43. The Morgan fingerprint density at radius 2 is 1.63 bits per heavy atom. The Morgan fingerprint density at radius 1 is 0.974 bits per heavy atom. The molecule has 2 aromatic heterocycles. The lowest BCUT2D eigenvalue weighted by molar-refractivity contribution is -0.113. The van der Waals surface area contributed by atoms with Gasteiger partial charge in [-0.2, -0.15) is 5.10 Å². The first-order valence-corrected chi connectivity index (χ1v) is 12.9. The Hall–Kier alpha value is -4.82. The Morgan fingerprint density at radius 3 is 2.34 bits per heavy atom. The number of carbonyl (C=O) groups excluding carboxylic acids is 1. The van der Waals surface area contributed by atoms with Gasteiger partial charge in [0.05, 0.1) is 33.7 Å². The largest absolute Gasteiger partial charge is 0.322 e. The monoisotopic (exact) mass is 517 g/mol. The van der Waals surface area contributed by atoms with Gasteiger partial charge in [0.25, 0.3) is 11.5 Å². The molecule has 186 valence electrons. The molecule has 5 aromatic rings. The lowest BCUT2D eigenvalue weighted by Gasteiger charge is -2.25. The van der Waals surface area contributed by atoms with Gasteiger partial charge in [-0.25, -0.2) is 4.99 Å². The minimum Gasteiger partial charge on any atom is -0.322 e. The third kappa shape index (κ3) is 4.31. The number of aromatic nitrogens is 3. The number of nitrogens with one attached hydrogen (secondary N) is 2. The molecule has 0 fully saturated rings. The summed E-state index contributed by atoms with van der Waals surface area (Å²) in [5.41, 5.74) is 4.92. The first-order chi connectivity index (χ1) is 18.6. The van der Waals surface area contributed by atoms with Gasteiger partial charge in [-0.3, -0.25) is 19.3 Å². The molecule has 0 spiro atoms. The lowest BCUT2D eigenvalue weighted by Crippen LogP contribution is -2.40. The standard InChI is InChI=1S/C30H23N5O2S/c1-19-25(28(36)33-23-15-9-4-10-16-23)27(21-13-7-3-8-14-21)35-29(37)24(38-30(35)32-19)17-22-18-31-34-26(22)20-11-5-2-6-12-20/h2-18,27H,1H3,(H,31,34)(H,33,36)/t27-/m0/s1. The lowest BCUT2D eigenvalue weighted by atomic mass is 9.95. The van der Waals surface area contributed by atoms with Gasteiger partial charge in [0, 0.05) is 16.8 Å². The summed E-state index contributed by atoms with van der Waals surface area (Å²) in [5.74, 6) is -0.290. The quantitative estimate of drug-likeness (QED) is 0.365. The number of H-pyrrole nitrogens is 1. The molecule has 3 aromatic carbocycles. The van der Waals surface area contributed by atoms with E-state index >= 15 is 0 Å². The molecule has 0 saturated carbocycles. The van der Waals surface area contributed by atoms with Crippen LogP contribution in [-0.4, -0.2) is 20.7 Å². The highest BCUT2D eigenvalue weighted by atomic mass is 32.1. The van der Waals surface area contributed by atoms with Crippen molar-refractivity contribution in [3.8, 4) is 11.3 Å². The zero-order chi connectivity index (χ0) is 26.1. The van der Waals surface area contributed by atoms with E-state index in [0.717, 1.165) is 22.4 Å². The molecule has 1 amide bonds. The number of benzene rings is 3. The summed E-state index contributed by atoms with van der Waals surface area (Å²) in [5, 5.41) is 10.2. The molecule has 8 heteroatoms. The van der Waals surface area contributed by atoms with Crippen molar-refractivity contribution in [3.05, 3.63) is 139 Å². The fraction of sp³-hybridized carbons (Fsp3) is 0.0667. The number of amides is 1. The van der Waals surface area contributed by atoms with Crippen molar-refractivity contribution < 1.29 is 4.79 Å². The number of aromatic amines is 1. The number of nitrogens with zero attached hydrogens (tertiary/aromatic N) is 3. The maximum atomic E-state index is 13.9. The second kappa shape index (κ2) is 9.91. The van der Waals surface area contributed by atoms with Gasteiger partial charge >= 0.3 is 0 Å². The van der Waals surface area contributed by atoms with Crippen LogP contribution in [0.15, 0.2) is 118 Å². The number of carbonyl (C=O) groups is 1. The number of fused-ring (bicyclic) bond motifs is 1. The zero-order valence-electron chi connectivity index (χ0n) is 20.5. The summed E-state index contributed by atoms with van der Waals surface area (Å²) in [6.45, 7) is 1.82. The molecule has 0 unspecified atom stereocenters. The number of rotatable bonds is 5. The molecule has 0 aliphatic carbocycles. The van der Waals surface area contributed by atoms with Crippen LogP contribution >= 0.6 is 11.3 Å². The van der Waals surface area contributed by atoms with Crippen LogP contribution in [-0.2, 0) is 4.79 Å². The van der Waals surface area contributed by atoms with E-state index in [1.165, 1.54) is 11.3 Å². The van der Waals surface area contributed by atoms with Gasteiger partial charge in [0.2, 0.25) is 0 Å². The molecular formula is C30H23N5O2S. The Bertz CT molecular complexity index is 1840. The van der Waals surface area contributed by atoms with Gasteiger partial charge < -0.3 is 5.32 Å². The van der Waals surface area contributed by atoms with Gasteiger partial charge in [-0.05, 0) is 30.7 Å². The average molecular weight is 518 g/mol. The summed E-state index contributed by atoms with van der Waals surface area (Å²) in [6, 6.07) is 28.1. The van der Waals surface area contributed by atoms with Crippen molar-refractivity contribution in [3.63, 3.8) is 0 Å². The van der Waals surface area contributed by atoms with Crippen molar-refractivity contribution in [2.24, 2.45) is 4.99 Å². The van der Waals surface area contributed by atoms with Crippen molar-refractivity contribution >= 4 is 29.0 Å². The first kappa shape index (κ1) is 23.6. The van der Waals surface area contributed by atoms with Crippen LogP contribution < -0.4 is 20.2 Å². The van der Waals surface area contributed by atoms with E-state index in [-0.39, 0.29) is 11.5 Å². The molecule has 0 radical (unpaired) electrons. The SMILES string of the molecule is CC1=C(C(=O)Nc2ccccc2)[C@H](c2ccccc2)n2c(sc(=Cc3cn[nH]c3-c3ccccc3)c2=O)=N1. The predicted octanol–water partition coefficient (Wildman–Crippen LogP) is 4.26. The van der Waals surface area contributed by atoms with Gasteiger partial charge in [-0.15, -0.1) is 0 Å². The van der Waals surface area contributed by atoms with E-state index in [1.54, 1.807) is 10.8 Å². The highest BCUT2D eigenvalue weighted by Crippen LogP contribution is 2.30. The van der Waals surface area contributed by atoms with Crippen LogP contribution in [0.5, 0.6) is 0 Å². The van der Waals surface area contributed by atoms with Crippen LogP contribution in [0.25, 0.3) is 17.3 Å². The minimum atomic E-state index is -0.615. The fourth-order valence-electron chi connectivity index (χ4n) is 4.66. The van der Waals surface area contributed by atoms with Crippen molar-refractivity contribution in [1.29, 1.82) is 0 Å². The molecule has 6 rings (SSSR count). The Balaban J connectivity index is 1.49. The predicted molar refractivity (Wildman–Crippen MR) is 149 cm³/mol. The first-order valence-electron chi connectivity index (χ1n) is 12.1.